The van der Waals surface area contributed by atoms with Crippen molar-refractivity contribution in [1.29, 1.82) is 0 Å². The number of carbonyl (C=O) groups is 2. The monoisotopic (exact) mass is 458 g/mol. The highest BCUT2D eigenvalue weighted by atomic mass is 16.5. The molecule has 2 rings (SSSR count). The summed E-state index contributed by atoms with van der Waals surface area (Å²) in [5.74, 6) is 0.558. The van der Waals surface area contributed by atoms with Crippen LogP contribution in [0.4, 0.5) is 0 Å². The van der Waals surface area contributed by atoms with E-state index in [1.165, 1.54) is 31.5 Å². The first-order valence-electron chi connectivity index (χ1n) is 10.9. The van der Waals surface area contributed by atoms with Gasteiger partial charge >= 0.3 is 11.9 Å². The van der Waals surface area contributed by atoms with Crippen LogP contribution in [-0.4, -0.2) is 30.3 Å². The smallest absolute Gasteiger partial charge is 0.302 e. The van der Waals surface area contributed by atoms with Gasteiger partial charge in [0.25, 0.3) is 0 Å². The van der Waals surface area contributed by atoms with Crippen molar-refractivity contribution in [1.82, 2.24) is 0 Å². The van der Waals surface area contributed by atoms with Crippen LogP contribution in [-0.2, 0) is 32.3 Å². The summed E-state index contributed by atoms with van der Waals surface area (Å²) < 4.78 is 21.8. The lowest BCUT2D eigenvalue weighted by molar-refractivity contribution is -0.142. The topological polar surface area (TPSA) is 91.3 Å². The van der Waals surface area contributed by atoms with Crippen molar-refractivity contribution in [2.75, 3.05) is 13.2 Å². The Morgan fingerprint density at radius 2 is 1.36 bits per heavy atom. The Bertz CT molecular complexity index is 903. The molecule has 1 atom stereocenters. The molecule has 2 aromatic rings. The molecule has 0 heterocycles. The van der Waals surface area contributed by atoms with E-state index in [1.807, 2.05) is 12.1 Å². The Morgan fingerprint density at radius 1 is 0.879 bits per heavy atom. The molecule has 0 fully saturated rings. The van der Waals surface area contributed by atoms with Crippen LogP contribution >= 0.6 is 0 Å². The number of benzene rings is 2. The van der Waals surface area contributed by atoms with Crippen molar-refractivity contribution in [3.8, 4) is 17.2 Å². The molecule has 0 aliphatic heterocycles. The minimum Gasteiger partial charge on any atom is -0.508 e. The van der Waals surface area contributed by atoms with Gasteiger partial charge in [-0.25, -0.2) is 0 Å². The Kier molecular flexibility index (Phi) is 9.14. The highest BCUT2D eigenvalue weighted by molar-refractivity contribution is 5.66. The van der Waals surface area contributed by atoms with Gasteiger partial charge in [0.1, 0.15) is 43.7 Å². The Hall–Kier alpha value is -3.22. The number of phenols is 1. The molecular weight excluding hydrogens is 424 g/mol. The zero-order valence-corrected chi connectivity index (χ0v) is 20.3. The summed E-state index contributed by atoms with van der Waals surface area (Å²) in [5, 5.41) is 10.0. The third kappa shape index (κ3) is 8.33. The predicted molar refractivity (Wildman–Crippen MR) is 124 cm³/mol. The first-order valence-corrected chi connectivity index (χ1v) is 10.9. The fourth-order valence-corrected chi connectivity index (χ4v) is 3.15. The van der Waals surface area contributed by atoms with E-state index >= 15 is 0 Å². The van der Waals surface area contributed by atoms with Crippen LogP contribution in [0.3, 0.4) is 0 Å². The summed E-state index contributed by atoms with van der Waals surface area (Å²) in [4.78, 5) is 22.5. The van der Waals surface area contributed by atoms with E-state index in [1.54, 1.807) is 0 Å². The van der Waals surface area contributed by atoms with Crippen molar-refractivity contribution < 1.29 is 33.6 Å². The molecule has 1 unspecified atom stereocenters. The minimum absolute atomic E-state index is 0.0486. The van der Waals surface area contributed by atoms with Crippen LogP contribution in [0, 0.1) is 5.41 Å². The summed E-state index contributed by atoms with van der Waals surface area (Å²) in [6.45, 7) is 11.8. The third-order valence-corrected chi connectivity index (χ3v) is 5.37. The molecule has 0 radical (unpaired) electrons. The number of carbonyl (C=O) groups excluding carboxylic acids is 2. The summed E-state index contributed by atoms with van der Waals surface area (Å²) in [6, 6.07) is 10.9. The first kappa shape index (κ1) is 26.0. The maximum Gasteiger partial charge on any atom is 0.302 e. The lowest BCUT2D eigenvalue weighted by Crippen LogP contribution is -2.15. The van der Waals surface area contributed by atoms with Crippen LogP contribution in [0.25, 0.3) is 0 Å². The average molecular weight is 459 g/mol. The molecule has 0 aromatic heterocycles. The Morgan fingerprint density at radius 3 is 1.82 bits per heavy atom. The van der Waals surface area contributed by atoms with Gasteiger partial charge in [-0.1, -0.05) is 39.8 Å². The summed E-state index contributed by atoms with van der Waals surface area (Å²) in [7, 11) is 0. The van der Waals surface area contributed by atoms with Crippen molar-refractivity contribution in [2.45, 2.75) is 60.7 Å². The van der Waals surface area contributed by atoms with Gasteiger partial charge in [0.15, 0.2) is 0 Å². The van der Waals surface area contributed by atoms with E-state index in [9.17, 15) is 14.7 Å². The second kappa shape index (κ2) is 11.6. The number of rotatable bonds is 10. The highest BCUT2D eigenvalue weighted by Crippen LogP contribution is 2.35. The van der Waals surface area contributed by atoms with Crippen LogP contribution in [0.15, 0.2) is 36.4 Å². The molecule has 0 amide bonds. The molecule has 7 nitrogen and oxygen atoms in total. The normalized spacial score (nSPS) is 12.1. The zero-order chi connectivity index (χ0) is 24.6. The quantitative estimate of drug-likeness (QED) is 0.390. The highest BCUT2D eigenvalue weighted by Gasteiger charge is 2.21. The molecule has 33 heavy (non-hydrogen) atoms. The first-order chi connectivity index (χ1) is 15.5. The van der Waals surface area contributed by atoms with Gasteiger partial charge in [0.2, 0.25) is 0 Å². The minimum atomic E-state index is -0.460. The molecule has 7 heteroatoms. The van der Waals surface area contributed by atoms with E-state index in [-0.39, 0.29) is 37.6 Å². The van der Waals surface area contributed by atoms with E-state index in [2.05, 4.69) is 39.8 Å². The maximum atomic E-state index is 11.2. The SMILES string of the molecule is CC(=O)OCc1cc(O)cc(COC(C)=O)c1OCCOc1ccc(C(C)C(C)(C)C)cc1. The second-order valence-corrected chi connectivity index (χ2v) is 9.01. The second-order valence-electron chi connectivity index (χ2n) is 9.01. The number of esters is 2. The standard InChI is InChI=1S/C26H34O7/c1-17(26(4,5)6)20-7-9-24(10-8-20)30-11-12-31-25-21(15-32-18(2)27)13-23(29)14-22(25)16-33-19(3)28/h7-10,13-14,17,29H,11-12,15-16H2,1-6H3. The van der Waals surface area contributed by atoms with Crippen LogP contribution < -0.4 is 9.47 Å². The van der Waals surface area contributed by atoms with Gasteiger partial charge in [-0.05, 0) is 41.2 Å². The fourth-order valence-electron chi connectivity index (χ4n) is 3.15. The fraction of sp³-hybridized carbons (Fsp3) is 0.462. The van der Waals surface area contributed by atoms with Crippen molar-refractivity contribution in [2.24, 2.45) is 5.41 Å². The number of hydrogen-bond acceptors (Lipinski definition) is 7. The van der Waals surface area contributed by atoms with Gasteiger partial charge in [-0.3, -0.25) is 9.59 Å². The largest absolute Gasteiger partial charge is 0.508 e. The zero-order valence-electron chi connectivity index (χ0n) is 20.3. The van der Waals surface area contributed by atoms with Gasteiger partial charge in [-0.2, -0.15) is 0 Å². The summed E-state index contributed by atoms with van der Waals surface area (Å²) in [6.07, 6.45) is 0. The third-order valence-electron chi connectivity index (χ3n) is 5.37. The lowest BCUT2D eigenvalue weighted by Gasteiger charge is -2.27. The molecular formula is C26H34O7. The summed E-state index contributed by atoms with van der Waals surface area (Å²) >= 11 is 0. The van der Waals surface area contributed by atoms with Crippen molar-refractivity contribution in [3.05, 3.63) is 53.1 Å². The molecule has 0 bridgehead atoms. The van der Waals surface area contributed by atoms with E-state index in [0.717, 1.165) is 5.75 Å². The predicted octanol–water partition coefficient (Wildman–Crippen LogP) is 5.13. The van der Waals surface area contributed by atoms with E-state index < -0.39 is 11.9 Å². The molecule has 180 valence electrons. The van der Waals surface area contributed by atoms with Crippen molar-refractivity contribution >= 4 is 11.9 Å². The summed E-state index contributed by atoms with van der Waals surface area (Å²) in [5.41, 5.74) is 2.36. The molecule has 2 aromatic carbocycles. The Balaban J connectivity index is 2.05. The number of phenolic OH excluding ortho intramolecular Hbond substituents is 1. The van der Waals surface area contributed by atoms with Gasteiger partial charge in [0.05, 0.1) is 0 Å². The van der Waals surface area contributed by atoms with Gasteiger partial charge in [0, 0.05) is 25.0 Å². The van der Waals surface area contributed by atoms with E-state index in [4.69, 9.17) is 18.9 Å². The van der Waals surface area contributed by atoms with Crippen LogP contribution in [0.2, 0.25) is 0 Å². The Labute approximate surface area is 195 Å². The van der Waals surface area contributed by atoms with Crippen LogP contribution in [0.5, 0.6) is 17.2 Å². The van der Waals surface area contributed by atoms with Crippen LogP contribution in [0.1, 0.15) is 64.2 Å². The molecule has 1 N–H and O–H groups in total. The molecule has 0 saturated carbocycles. The molecule has 0 aliphatic carbocycles. The molecule has 0 aliphatic rings. The number of hydrogen-bond donors (Lipinski definition) is 1. The van der Waals surface area contributed by atoms with Crippen molar-refractivity contribution in [3.63, 3.8) is 0 Å². The van der Waals surface area contributed by atoms with Gasteiger partial charge in [-0.15, -0.1) is 0 Å². The number of ether oxygens (including phenoxy) is 4. The van der Waals surface area contributed by atoms with Gasteiger partial charge < -0.3 is 24.1 Å². The van der Waals surface area contributed by atoms with E-state index in [0.29, 0.717) is 22.8 Å². The average Bonchev–Trinajstić information content (AvgIpc) is 2.73. The maximum absolute atomic E-state index is 11.2. The molecule has 0 spiro atoms. The molecule has 0 saturated heterocycles. The lowest BCUT2D eigenvalue weighted by atomic mass is 9.78. The number of aromatic hydroxyl groups is 1.